The average molecular weight is 406 g/mol. The van der Waals surface area contributed by atoms with E-state index >= 15 is 0 Å². The fraction of sp³-hybridized carbons (Fsp3) is 0.667. The fourth-order valence-electron chi connectivity index (χ4n) is 3.68. The fourth-order valence-corrected chi connectivity index (χ4v) is 3.68. The summed E-state index contributed by atoms with van der Waals surface area (Å²) in [6.45, 7) is 5.19. The topological polar surface area (TPSA) is 83.2 Å². The number of rotatable bonds is 5. The van der Waals surface area contributed by atoms with E-state index in [1.807, 2.05) is 17.9 Å². The van der Waals surface area contributed by atoms with Gasteiger partial charge in [0.2, 0.25) is 5.91 Å². The number of aliphatic carboxylic acids is 1. The average Bonchev–Trinajstić information content (AvgIpc) is 3.20. The Bertz CT molecular complexity index is 676. The first-order chi connectivity index (χ1) is 13.1. The third kappa shape index (κ3) is 5.71. The maximum absolute atomic E-state index is 12.1. The summed E-state index contributed by atoms with van der Waals surface area (Å²) in [6.07, 6.45) is -2.41. The molecule has 3 rings (SSSR count). The van der Waals surface area contributed by atoms with Crippen LogP contribution >= 0.6 is 0 Å². The minimum Gasteiger partial charge on any atom is -0.475 e. The van der Waals surface area contributed by atoms with Crippen LogP contribution in [0.4, 0.5) is 13.2 Å². The first-order valence-corrected chi connectivity index (χ1v) is 9.01. The zero-order chi connectivity index (χ0) is 20.9. The van der Waals surface area contributed by atoms with E-state index in [-0.39, 0.29) is 5.91 Å². The van der Waals surface area contributed by atoms with Crippen LogP contribution in [0.3, 0.4) is 0 Å². The van der Waals surface area contributed by atoms with Gasteiger partial charge in [-0.15, -0.1) is 0 Å². The molecule has 2 aliphatic rings. The highest BCUT2D eigenvalue weighted by Gasteiger charge is 2.42. The smallest absolute Gasteiger partial charge is 0.475 e. The summed E-state index contributed by atoms with van der Waals surface area (Å²) in [5, 5.41) is 7.12. The van der Waals surface area contributed by atoms with Crippen molar-refractivity contribution in [3.8, 4) is 0 Å². The Balaban J connectivity index is 0.000000345. The number of likely N-dealkylation sites (tertiary alicyclic amines) is 2. The molecular formula is C18H25F3N2O5. The highest BCUT2D eigenvalue weighted by molar-refractivity contribution is 5.77. The molecule has 1 aromatic heterocycles. The molecule has 0 spiro atoms. The number of halogens is 3. The molecule has 10 heteroatoms. The molecule has 158 valence electrons. The Morgan fingerprint density at radius 2 is 2.00 bits per heavy atom. The number of amides is 1. The first-order valence-electron chi connectivity index (χ1n) is 9.01. The van der Waals surface area contributed by atoms with Crippen molar-refractivity contribution >= 4 is 11.9 Å². The third-order valence-corrected chi connectivity index (χ3v) is 4.93. The molecule has 2 fully saturated rings. The highest BCUT2D eigenvalue weighted by Crippen LogP contribution is 2.32. The standard InChI is InChI=1S/C16H24N2O3.C2HF3O2/c1-12-3-4-13(21-12)11-17-8-7-15-14(17)5-6-16(19)18(15)9-10-20-2;3-2(4,5)1(6)7/h3-4,14-15H,5-11H2,1-2H3;(H,6,7)/t14-,15-;/m1./s1. The van der Waals surface area contributed by atoms with Crippen LogP contribution in [0.2, 0.25) is 0 Å². The number of carboxylic acids is 1. The normalized spacial score (nSPS) is 22.6. The van der Waals surface area contributed by atoms with Crippen LogP contribution < -0.4 is 0 Å². The molecule has 0 unspecified atom stereocenters. The van der Waals surface area contributed by atoms with Gasteiger partial charge in [-0.1, -0.05) is 0 Å². The molecule has 28 heavy (non-hydrogen) atoms. The second-order valence-electron chi connectivity index (χ2n) is 6.83. The summed E-state index contributed by atoms with van der Waals surface area (Å²) in [7, 11) is 1.69. The van der Waals surface area contributed by atoms with Crippen molar-refractivity contribution in [2.75, 3.05) is 26.8 Å². The lowest BCUT2D eigenvalue weighted by Gasteiger charge is -2.39. The number of aryl methyl sites for hydroxylation is 1. The largest absolute Gasteiger partial charge is 0.490 e. The quantitative estimate of drug-likeness (QED) is 0.809. The molecule has 0 saturated carbocycles. The lowest BCUT2D eigenvalue weighted by Crippen LogP contribution is -2.52. The minimum absolute atomic E-state index is 0.281. The summed E-state index contributed by atoms with van der Waals surface area (Å²) in [5.41, 5.74) is 0. The molecule has 2 atom stereocenters. The maximum atomic E-state index is 12.1. The third-order valence-electron chi connectivity index (χ3n) is 4.93. The Kier molecular flexibility index (Phi) is 7.48. The molecule has 0 aromatic carbocycles. The summed E-state index contributed by atoms with van der Waals surface area (Å²) < 4.78 is 42.6. The summed E-state index contributed by atoms with van der Waals surface area (Å²) >= 11 is 0. The van der Waals surface area contributed by atoms with Gasteiger partial charge in [0.15, 0.2) is 0 Å². The van der Waals surface area contributed by atoms with E-state index in [4.69, 9.17) is 19.1 Å². The molecule has 7 nitrogen and oxygen atoms in total. The number of fused-ring (bicyclic) bond motifs is 1. The number of carboxylic acid groups (broad SMARTS) is 1. The van der Waals surface area contributed by atoms with Gasteiger partial charge in [0.05, 0.1) is 13.2 Å². The highest BCUT2D eigenvalue weighted by atomic mass is 19.4. The molecule has 1 N–H and O–H groups in total. The monoisotopic (exact) mass is 406 g/mol. The van der Waals surface area contributed by atoms with Crippen LogP contribution in [-0.4, -0.2) is 71.8 Å². The van der Waals surface area contributed by atoms with E-state index in [1.54, 1.807) is 7.11 Å². The summed E-state index contributed by atoms with van der Waals surface area (Å²) in [6, 6.07) is 4.87. The van der Waals surface area contributed by atoms with Crippen molar-refractivity contribution in [3.05, 3.63) is 23.7 Å². The number of methoxy groups -OCH3 is 1. The van der Waals surface area contributed by atoms with Gasteiger partial charge in [-0.05, 0) is 31.9 Å². The van der Waals surface area contributed by atoms with Crippen molar-refractivity contribution in [2.45, 2.75) is 51.0 Å². The Morgan fingerprint density at radius 3 is 2.54 bits per heavy atom. The SMILES string of the molecule is COCCN1C(=O)CC[C@@H]2[C@H]1CCN2Cc1ccc(C)o1.O=C(O)C(F)(F)F. The van der Waals surface area contributed by atoms with Crippen LogP contribution in [0.25, 0.3) is 0 Å². The van der Waals surface area contributed by atoms with Gasteiger partial charge < -0.3 is 19.2 Å². The molecule has 2 saturated heterocycles. The predicted octanol–water partition coefficient (Wildman–Crippen LogP) is 2.43. The summed E-state index contributed by atoms with van der Waals surface area (Å²) in [5.74, 6) is -0.494. The minimum atomic E-state index is -5.08. The van der Waals surface area contributed by atoms with Crippen LogP contribution in [0.1, 0.15) is 30.8 Å². The van der Waals surface area contributed by atoms with Crippen molar-refractivity contribution in [1.82, 2.24) is 9.80 Å². The zero-order valence-corrected chi connectivity index (χ0v) is 15.9. The van der Waals surface area contributed by atoms with E-state index in [0.717, 1.165) is 37.5 Å². The Morgan fingerprint density at radius 1 is 1.32 bits per heavy atom. The van der Waals surface area contributed by atoms with Crippen molar-refractivity contribution in [1.29, 1.82) is 0 Å². The number of hydrogen-bond acceptors (Lipinski definition) is 5. The van der Waals surface area contributed by atoms with E-state index in [1.165, 1.54) is 0 Å². The number of ether oxygens (including phenoxy) is 1. The molecule has 1 aromatic rings. The van der Waals surface area contributed by atoms with Crippen LogP contribution in [0.5, 0.6) is 0 Å². The number of furan rings is 1. The number of nitrogens with zero attached hydrogens (tertiary/aromatic N) is 2. The zero-order valence-electron chi connectivity index (χ0n) is 15.9. The molecule has 0 radical (unpaired) electrons. The second-order valence-corrected chi connectivity index (χ2v) is 6.83. The number of piperidine rings is 1. The maximum Gasteiger partial charge on any atom is 0.490 e. The van der Waals surface area contributed by atoms with Crippen molar-refractivity contribution < 1.29 is 37.0 Å². The van der Waals surface area contributed by atoms with Gasteiger partial charge in [0.1, 0.15) is 11.5 Å². The molecule has 3 heterocycles. The van der Waals surface area contributed by atoms with E-state index in [9.17, 15) is 18.0 Å². The number of carbonyl (C=O) groups excluding carboxylic acids is 1. The van der Waals surface area contributed by atoms with Gasteiger partial charge in [-0.25, -0.2) is 4.79 Å². The van der Waals surface area contributed by atoms with Crippen LogP contribution in [-0.2, 0) is 20.9 Å². The molecular weight excluding hydrogens is 381 g/mol. The number of carbonyl (C=O) groups is 2. The number of alkyl halides is 3. The van der Waals surface area contributed by atoms with E-state index in [0.29, 0.717) is 31.7 Å². The van der Waals surface area contributed by atoms with Gasteiger partial charge in [0, 0.05) is 38.7 Å². The van der Waals surface area contributed by atoms with Crippen molar-refractivity contribution in [3.63, 3.8) is 0 Å². The molecule has 1 amide bonds. The lowest BCUT2D eigenvalue weighted by atomic mass is 9.96. The molecule has 2 aliphatic heterocycles. The second kappa shape index (κ2) is 9.42. The van der Waals surface area contributed by atoms with E-state index in [2.05, 4.69) is 11.0 Å². The number of hydrogen-bond donors (Lipinski definition) is 1. The Labute approximate surface area is 161 Å². The van der Waals surface area contributed by atoms with Crippen molar-refractivity contribution in [2.24, 2.45) is 0 Å². The van der Waals surface area contributed by atoms with Crippen LogP contribution in [0.15, 0.2) is 16.5 Å². The molecule has 0 aliphatic carbocycles. The van der Waals surface area contributed by atoms with Gasteiger partial charge in [-0.2, -0.15) is 13.2 Å². The Hall–Kier alpha value is -2.07. The first kappa shape index (κ1) is 22.2. The summed E-state index contributed by atoms with van der Waals surface area (Å²) in [4.78, 5) is 25.5. The predicted molar refractivity (Wildman–Crippen MR) is 92.6 cm³/mol. The lowest BCUT2D eigenvalue weighted by molar-refractivity contribution is -0.192. The van der Waals surface area contributed by atoms with E-state index < -0.39 is 12.1 Å². The van der Waals surface area contributed by atoms with Crippen LogP contribution in [0, 0.1) is 6.92 Å². The molecule has 0 bridgehead atoms. The van der Waals surface area contributed by atoms with Gasteiger partial charge in [-0.3, -0.25) is 9.69 Å². The van der Waals surface area contributed by atoms with Gasteiger partial charge in [0.25, 0.3) is 0 Å². The van der Waals surface area contributed by atoms with Gasteiger partial charge >= 0.3 is 12.1 Å².